The molecule has 1 saturated heterocycles. The summed E-state index contributed by atoms with van der Waals surface area (Å²) in [6, 6.07) is 6.63. The van der Waals surface area contributed by atoms with Crippen LogP contribution in [0.1, 0.15) is 17.5 Å². The molecule has 0 saturated carbocycles. The van der Waals surface area contributed by atoms with E-state index in [9.17, 15) is 5.11 Å². The first kappa shape index (κ1) is 12.4. The van der Waals surface area contributed by atoms with Crippen molar-refractivity contribution in [1.82, 2.24) is 5.32 Å². The SMILES string of the molecule is CNC1(CO)CCN(c2cc(C)cc(C)c2)C1. The van der Waals surface area contributed by atoms with Gasteiger partial charge in [-0.25, -0.2) is 0 Å². The maximum atomic E-state index is 9.50. The lowest BCUT2D eigenvalue weighted by Gasteiger charge is -2.27. The summed E-state index contributed by atoms with van der Waals surface area (Å²) in [5, 5.41) is 12.8. The lowest BCUT2D eigenvalue weighted by Crippen LogP contribution is -2.48. The Morgan fingerprint density at radius 1 is 1.29 bits per heavy atom. The molecule has 1 aliphatic heterocycles. The van der Waals surface area contributed by atoms with E-state index in [1.165, 1.54) is 16.8 Å². The highest BCUT2D eigenvalue weighted by Gasteiger charge is 2.36. The Balaban J connectivity index is 2.20. The number of aryl methyl sites for hydroxylation is 2. The van der Waals surface area contributed by atoms with E-state index in [1.54, 1.807) is 0 Å². The lowest BCUT2D eigenvalue weighted by atomic mass is 10.0. The van der Waals surface area contributed by atoms with Crippen molar-refractivity contribution in [2.75, 3.05) is 31.6 Å². The molecule has 3 heteroatoms. The van der Waals surface area contributed by atoms with Crippen LogP contribution in [0.3, 0.4) is 0 Å². The number of aliphatic hydroxyl groups excluding tert-OH is 1. The minimum absolute atomic E-state index is 0.127. The van der Waals surface area contributed by atoms with Gasteiger partial charge in [-0.05, 0) is 50.6 Å². The van der Waals surface area contributed by atoms with E-state index in [0.717, 1.165) is 19.5 Å². The molecular formula is C14H22N2O. The summed E-state index contributed by atoms with van der Waals surface area (Å²) in [7, 11) is 1.93. The van der Waals surface area contributed by atoms with Crippen molar-refractivity contribution in [3.63, 3.8) is 0 Å². The molecule has 0 aliphatic carbocycles. The van der Waals surface area contributed by atoms with Crippen molar-refractivity contribution < 1.29 is 5.11 Å². The van der Waals surface area contributed by atoms with Gasteiger partial charge in [0.15, 0.2) is 0 Å². The van der Waals surface area contributed by atoms with Crippen LogP contribution in [0.5, 0.6) is 0 Å². The number of hydrogen-bond donors (Lipinski definition) is 2. The molecule has 1 aromatic rings. The Morgan fingerprint density at radius 3 is 2.41 bits per heavy atom. The zero-order valence-electron chi connectivity index (χ0n) is 11.0. The number of hydrogen-bond acceptors (Lipinski definition) is 3. The molecule has 1 aromatic carbocycles. The summed E-state index contributed by atoms with van der Waals surface area (Å²) in [6.45, 7) is 6.34. The largest absolute Gasteiger partial charge is 0.394 e. The first-order valence-electron chi connectivity index (χ1n) is 6.22. The molecule has 2 N–H and O–H groups in total. The Kier molecular flexibility index (Phi) is 3.40. The number of benzene rings is 1. The Morgan fingerprint density at radius 2 is 1.94 bits per heavy atom. The normalized spacial score (nSPS) is 24.4. The van der Waals surface area contributed by atoms with Gasteiger partial charge in [0.2, 0.25) is 0 Å². The molecule has 17 heavy (non-hydrogen) atoms. The van der Waals surface area contributed by atoms with Gasteiger partial charge in [-0.2, -0.15) is 0 Å². The number of likely N-dealkylation sites (N-methyl/N-ethyl adjacent to an activating group) is 1. The smallest absolute Gasteiger partial charge is 0.0631 e. The van der Waals surface area contributed by atoms with Crippen LogP contribution < -0.4 is 10.2 Å². The van der Waals surface area contributed by atoms with E-state index in [1.807, 2.05) is 7.05 Å². The van der Waals surface area contributed by atoms with Gasteiger partial charge in [-0.3, -0.25) is 0 Å². The van der Waals surface area contributed by atoms with Gasteiger partial charge in [-0.1, -0.05) is 6.07 Å². The second-order valence-corrected chi connectivity index (χ2v) is 5.21. The first-order valence-corrected chi connectivity index (χ1v) is 6.22. The summed E-state index contributed by atoms with van der Waals surface area (Å²) in [5.74, 6) is 0. The van der Waals surface area contributed by atoms with Gasteiger partial charge in [0, 0.05) is 18.8 Å². The van der Waals surface area contributed by atoms with E-state index in [4.69, 9.17) is 0 Å². The number of rotatable bonds is 3. The molecule has 1 atom stereocenters. The predicted octanol–water partition coefficient (Wildman–Crippen LogP) is 1.46. The Hall–Kier alpha value is -1.06. The minimum Gasteiger partial charge on any atom is -0.394 e. The fraction of sp³-hybridized carbons (Fsp3) is 0.571. The van der Waals surface area contributed by atoms with Crippen LogP contribution in [0.2, 0.25) is 0 Å². The van der Waals surface area contributed by atoms with E-state index < -0.39 is 0 Å². The van der Waals surface area contributed by atoms with E-state index in [2.05, 4.69) is 42.3 Å². The monoisotopic (exact) mass is 234 g/mol. The number of nitrogens with zero attached hydrogens (tertiary/aromatic N) is 1. The van der Waals surface area contributed by atoms with E-state index >= 15 is 0 Å². The molecule has 0 radical (unpaired) electrons. The van der Waals surface area contributed by atoms with Crippen molar-refractivity contribution >= 4 is 5.69 Å². The summed E-state index contributed by atoms with van der Waals surface area (Å²) in [4.78, 5) is 2.35. The molecule has 0 spiro atoms. The number of anilines is 1. The van der Waals surface area contributed by atoms with Crippen LogP contribution in [-0.4, -0.2) is 37.4 Å². The topological polar surface area (TPSA) is 35.5 Å². The lowest BCUT2D eigenvalue weighted by molar-refractivity contribution is 0.184. The van der Waals surface area contributed by atoms with E-state index in [-0.39, 0.29) is 12.1 Å². The zero-order chi connectivity index (χ0) is 12.5. The molecule has 3 nitrogen and oxygen atoms in total. The van der Waals surface area contributed by atoms with Gasteiger partial charge >= 0.3 is 0 Å². The predicted molar refractivity (Wildman–Crippen MR) is 71.6 cm³/mol. The van der Waals surface area contributed by atoms with Crippen molar-refractivity contribution in [3.05, 3.63) is 29.3 Å². The Labute approximate surface area is 103 Å². The van der Waals surface area contributed by atoms with Crippen LogP contribution in [0, 0.1) is 13.8 Å². The Bertz CT molecular complexity index is 379. The van der Waals surface area contributed by atoms with Crippen LogP contribution in [0.25, 0.3) is 0 Å². The molecule has 0 aromatic heterocycles. The molecule has 0 amide bonds. The maximum Gasteiger partial charge on any atom is 0.0631 e. The minimum atomic E-state index is -0.127. The van der Waals surface area contributed by atoms with E-state index in [0.29, 0.717) is 0 Å². The average molecular weight is 234 g/mol. The molecule has 94 valence electrons. The molecular weight excluding hydrogens is 212 g/mol. The van der Waals surface area contributed by atoms with Crippen molar-refractivity contribution in [3.8, 4) is 0 Å². The fourth-order valence-corrected chi connectivity index (χ4v) is 2.64. The van der Waals surface area contributed by atoms with Gasteiger partial charge in [0.05, 0.1) is 12.1 Å². The van der Waals surface area contributed by atoms with Crippen molar-refractivity contribution in [1.29, 1.82) is 0 Å². The standard InChI is InChI=1S/C14H22N2O/c1-11-6-12(2)8-13(7-11)16-5-4-14(9-16,10-17)15-3/h6-8,15,17H,4-5,9-10H2,1-3H3. The number of aliphatic hydroxyl groups is 1. The van der Waals surface area contributed by atoms with Gasteiger partial charge in [-0.15, -0.1) is 0 Å². The summed E-state index contributed by atoms with van der Waals surface area (Å²) in [6.07, 6.45) is 0.993. The highest BCUT2D eigenvalue weighted by Crippen LogP contribution is 2.27. The van der Waals surface area contributed by atoms with Gasteiger partial charge < -0.3 is 15.3 Å². The highest BCUT2D eigenvalue weighted by molar-refractivity contribution is 5.52. The fourth-order valence-electron chi connectivity index (χ4n) is 2.64. The highest BCUT2D eigenvalue weighted by atomic mass is 16.3. The van der Waals surface area contributed by atoms with Crippen molar-refractivity contribution in [2.45, 2.75) is 25.8 Å². The quantitative estimate of drug-likeness (QED) is 0.831. The summed E-state index contributed by atoms with van der Waals surface area (Å²) in [5.41, 5.74) is 3.74. The number of nitrogens with one attached hydrogen (secondary N) is 1. The molecule has 1 fully saturated rings. The molecule has 2 rings (SSSR count). The maximum absolute atomic E-state index is 9.50. The third-order valence-corrected chi connectivity index (χ3v) is 3.76. The second kappa shape index (κ2) is 4.67. The molecule has 1 heterocycles. The zero-order valence-corrected chi connectivity index (χ0v) is 11.0. The summed E-state index contributed by atoms with van der Waals surface area (Å²) < 4.78 is 0. The van der Waals surface area contributed by atoms with Crippen molar-refractivity contribution in [2.24, 2.45) is 0 Å². The van der Waals surface area contributed by atoms with Crippen LogP contribution >= 0.6 is 0 Å². The van der Waals surface area contributed by atoms with Gasteiger partial charge in [0.25, 0.3) is 0 Å². The third kappa shape index (κ3) is 2.45. The third-order valence-electron chi connectivity index (χ3n) is 3.76. The van der Waals surface area contributed by atoms with Gasteiger partial charge in [0.1, 0.15) is 0 Å². The van der Waals surface area contributed by atoms with Crippen LogP contribution in [0.4, 0.5) is 5.69 Å². The van der Waals surface area contributed by atoms with Crippen LogP contribution in [0.15, 0.2) is 18.2 Å². The molecule has 1 aliphatic rings. The molecule has 1 unspecified atom stereocenters. The summed E-state index contributed by atoms with van der Waals surface area (Å²) >= 11 is 0. The molecule has 0 bridgehead atoms. The van der Waals surface area contributed by atoms with Crippen LogP contribution in [-0.2, 0) is 0 Å². The average Bonchev–Trinajstić information content (AvgIpc) is 2.73. The second-order valence-electron chi connectivity index (χ2n) is 5.21. The first-order chi connectivity index (χ1) is 8.08.